The number of methoxy groups -OCH3 is 4. The van der Waals surface area contributed by atoms with Gasteiger partial charge in [-0.3, -0.25) is 0 Å². The summed E-state index contributed by atoms with van der Waals surface area (Å²) in [5.74, 6) is 3.34. The molecule has 0 heterocycles. The summed E-state index contributed by atoms with van der Waals surface area (Å²) in [5, 5.41) is 0. The van der Waals surface area contributed by atoms with Crippen LogP contribution >= 0.6 is 0 Å². The first-order valence-corrected chi connectivity index (χ1v) is 8.97. The second-order valence-corrected chi connectivity index (χ2v) is 6.55. The molecule has 0 atom stereocenters. The molecule has 2 aromatic carbocycles. The lowest BCUT2D eigenvalue weighted by Crippen LogP contribution is -1.97. The summed E-state index contributed by atoms with van der Waals surface area (Å²) in [7, 11) is 6.50. The van der Waals surface area contributed by atoms with Gasteiger partial charge in [0.2, 0.25) is 5.75 Å². The van der Waals surface area contributed by atoms with Crippen LogP contribution in [0.4, 0.5) is 0 Å². The summed E-state index contributed by atoms with van der Waals surface area (Å²) in [6.07, 6.45) is 6.94. The normalized spacial score (nSPS) is 13.5. The molecule has 0 amide bonds. The number of hydrogen-bond donors (Lipinski definition) is 0. The maximum absolute atomic E-state index is 5.50. The van der Waals surface area contributed by atoms with Gasteiger partial charge in [-0.1, -0.05) is 24.8 Å². The Morgan fingerprint density at radius 2 is 1.48 bits per heavy atom. The predicted octanol–water partition coefficient (Wildman–Crippen LogP) is 5.21. The molecule has 1 aliphatic carbocycles. The SMILES string of the molecule is C=C(c1ccc(OC)c(/C=C/C2CC2)c1)c1cc(OC)c(OC)c(OC)c1. The lowest BCUT2D eigenvalue weighted by atomic mass is 9.96. The Morgan fingerprint density at radius 3 is 2.00 bits per heavy atom. The van der Waals surface area contributed by atoms with Crippen LogP contribution in [0.25, 0.3) is 11.6 Å². The Morgan fingerprint density at radius 1 is 0.852 bits per heavy atom. The van der Waals surface area contributed by atoms with Crippen LogP contribution in [0.15, 0.2) is 43.0 Å². The molecule has 4 heteroatoms. The molecular weight excluding hydrogens is 340 g/mol. The largest absolute Gasteiger partial charge is 0.496 e. The monoisotopic (exact) mass is 366 g/mol. The predicted molar refractivity (Wildman–Crippen MR) is 109 cm³/mol. The zero-order valence-electron chi connectivity index (χ0n) is 16.4. The lowest BCUT2D eigenvalue weighted by Gasteiger charge is -2.16. The fraction of sp³-hybridized carbons (Fsp3) is 0.304. The molecule has 0 unspecified atom stereocenters. The van der Waals surface area contributed by atoms with Crippen molar-refractivity contribution in [2.45, 2.75) is 12.8 Å². The Bertz CT molecular complexity index is 838. The molecule has 0 N–H and O–H groups in total. The van der Waals surface area contributed by atoms with Crippen LogP contribution in [0.2, 0.25) is 0 Å². The topological polar surface area (TPSA) is 36.9 Å². The molecule has 0 aromatic heterocycles. The van der Waals surface area contributed by atoms with Crippen molar-refractivity contribution < 1.29 is 18.9 Å². The highest BCUT2D eigenvalue weighted by Crippen LogP contribution is 2.41. The van der Waals surface area contributed by atoms with Crippen molar-refractivity contribution in [3.63, 3.8) is 0 Å². The van der Waals surface area contributed by atoms with Crippen LogP contribution in [-0.4, -0.2) is 28.4 Å². The van der Waals surface area contributed by atoms with Crippen molar-refractivity contribution in [3.05, 3.63) is 59.7 Å². The molecule has 27 heavy (non-hydrogen) atoms. The van der Waals surface area contributed by atoms with Crippen molar-refractivity contribution in [2.75, 3.05) is 28.4 Å². The van der Waals surface area contributed by atoms with Crippen molar-refractivity contribution in [1.29, 1.82) is 0 Å². The lowest BCUT2D eigenvalue weighted by molar-refractivity contribution is 0.324. The molecule has 0 radical (unpaired) electrons. The van der Waals surface area contributed by atoms with Gasteiger partial charge in [-0.25, -0.2) is 0 Å². The molecule has 2 aromatic rings. The van der Waals surface area contributed by atoms with Gasteiger partial charge in [0.05, 0.1) is 28.4 Å². The number of rotatable bonds is 8. The highest BCUT2D eigenvalue weighted by Gasteiger charge is 2.18. The van der Waals surface area contributed by atoms with Gasteiger partial charge in [0.1, 0.15) is 5.75 Å². The summed E-state index contributed by atoms with van der Waals surface area (Å²) >= 11 is 0. The molecule has 3 rings (SSSR count). The zero-order chi connectivity index (χ0) is 19.4. The van der Waals surface area contributed by atoms with E-state index in [4.69, 9.17) is 18.9 Å². The van der Waals surface area contributed by atoms with E-state index < -0.39 is 0 Å². The average molecular weight is 366 g/mol. The van der Waals surface area contributed by atoms with Crippen molar-refractivity contribution in [2.24, 2.45) is 5.92 Å². The van der Waals surface area contributed by atoms with Gasteiger partial charge in [-0.2, -0.15) is 0 Å². The summed E-state index contributed by atoms with van der Waals surface area (Å²) in [5.41, 5.74) is 3.85. The Kier molecular flexibility index (Phi) is 5.75. The molecule has 1 fully saturated rings. The maximum Gasteiger partial charge on any atom is 0.203 e. The van der Waals surface area contributed by atoms with E-state index in [-0.39, 0.29) is 0 Å². The first kappa shape index (κ1) is 18.9. The van der Waals surface area contributed by atoms with Gasteiger partial charge in [0.15, 0.2) is 11.5 Å². The molecule has 0 spiro atoms. The minimum Gasteiger partial charge on any atom is -0.496 e. The van der Waals surface area contributed by atoms with Crippen molar-refractivity contribution in [1.82, 2.24) is 0 Å². The summed E-state index contributed by atoms with van der Waals surface area (Å²) < 4.78 is 21.8. The quantitative estimate of drug-likeness (QED) is 0.643. The van der Waals surface area contributed by atoms with E-state index in [1.54, 1.807) is 28.4 Å². The highest BCUT2D eigenvalue weighted by atomic mass is 16.5. The van der Waals surface area contributed by atoms with E-state index in [1.807, 2.05) is 24.3 Å². The van der Waals surface area contributed by atoms with E-state index in [2.05, 4.69) is 24.8 Å². The Labute approximate surface area is 161 Å². The van der Waals surface area contributed by atoms with Gasteiger partial charge in [-0.15, -0.1) is 0 Å². The third kappa shape index (κ3) is 4.11. The molecule has 4 nitrogen and oxygen atoms in total. The Balaban J connectivity index is 1.98. The molecule has 0 saturated heterocycles. The number of benzene rings is 2. The van der Waals surface area contributed by atoms with Crippen LogP contribution in [0.3, 0.4) is 0 Å². The van der Waals surface area contributed by atoms with E-state index in [1.165, 1.54) is 12.8 Å². The van der Waals surface area contributed by atoms with Gasteiger partial charge < -0.3 is 18.9 Å². The van der Waals surface area contributed by atoms with Crippen LogP contribution in [0.5, 0.6) is 23.0 Å². The van der Waals surface area contributed by atoms with Crippen LogP contribution in [0, 0.1) is 5.92 Å². The molecule has 0 bridgehead atoms. The average Bonchev–Trinajstić information content (AvgIpc) is 3.54. The summed E-state index contributed by atoms with van der Waals surface area (Å²) in [6.45, 7) is 4.29. The number of ether oxygens (including phenoxy) is 4. The highest BCUT2D eigenvalue weighted by molar-refractivity contribution is 5.82. The van der Waals surface area contributed by atoms with Crippen LogP contribution in [0.1, 0.15) is 29.5 Å². The third-order valence-corrected chi connectivity index (χ3v) is 4.76. The first-order valence-electron chi connectivity index (χ1n) is 8.97. The molecular formula is C23H26O4. The van der Waals surface area contributed by atoms with E-state index in [0.29, 0.717) is 23.2 Å². The standard InChI is InChI=1S/C23H26O4/c1-15(19-13-21(25-3)23(27-5)22(14-19)26-4)17-10-11-20(24-2)18(12-17)9-8-16-6-7-16/h8-14,16H,1,6-7H2,2-5H3/b9-8+. The summed E-state index contributed by atoms with van der Waals surface area (Å²) in [4.78, 5) is 0. The fourth-order valence-electron chi connectivity index (χ4n) is 3.00. The smallest absolute Gasteiger partial charge is 0.203 e. The Hall–Kier alpha value is -2.88. The minimum absolute atomic E-state index is 0.569. The molecule has 0 aliphatic heterocycles. The van der Waals surface area contributed by atoms with E-state index in [0.717, 1.165) is 28.0 Å². The van der Waals surface area contributed by atoms with Crippen molar-refractivity contribution >= 4 is 11.6 Å². The second kappa shape index (κ2) is 8.21. The fourth-order valence-corrected chi connectivity index (χ4v) is 3.00. The van der Waals surface area contributed by atoms with Gasteiger partial charge in [0, 0.05) is 5.56 Å². The second-order valence-electron chi connectivity index (χ2n) is 6.55. The van der Waals surface area contributed by atoms with Gasteiger partial charge >= 0.3 is 0 Å². The van der Waals surface area contributed by atoms with Gasteiger partial charge in [0.25, 0.3) is 0 Å². The van der Waals surface area contributed by atoms with E-state index in [9.17, 15) is 0 Å². The maximum atomic E-state index is 5.50. The molecule has 1 saturated carbocycles. The molecule has 142 valence electrons. The molecule has 1 aliphatic rings. The van der Waals surface area contributed by atoms with Crippen LogP contribution < -0.4 is 18.9 Å². The zero-order valence-corrected chi connectivity index (χ0v) is 16.4. The van der Waals surface area contributed by atoms with E-state index >= 15 is 0 Å². The third-order valence-electron chi connectivity index (χ3n) is 4.76. The van der Waals surface area contributed by atoms with Crippen molar-refractivity contribution in [3.8, 4) is 23.0 Å². The van der Waals surface area contributed by atoms with Gasteiger partial charge in [-0.05, 0) is 59.7 Å². The number of allylic oxidation sites excluding steroid dienone is 1. The number of hydrogen-bond acceptors (Lipinski definition) is 4. The van der Waals surface area contributed by atoms with Crippen LogP contribution in [-0.2, 0) is 0 Å². The first-order chi connectivity index (χ1) is 13.1. The summed E-state index contributed by atoms with van der Waals surface area (Å²) in [6, 6.07) is 9.91. The minimum atomic E-state index is 0.569.